The average molecular weight is 177 g/mol. The lowest BCUT2D eigenvalue weighted by atomic mass is 10.0. The van der Waals surface area contributed by atoms with E-state index in [1.807, 2.05) is 18.9 Å². The first-order valence-corrected chi connectivity index (χ1v) is 4.60. The van der Waals surface area contributed by atoms with Gasteiger partial charge in [-0.15, -0.1) is 0 Å². The van der Waals surface area contributed by atoms with Crippen LogP contribution in [0, 0.1) is 28.1 Å². The van der Waals surface area contributed by atoms with Crippen molar-refractivity contribution in [3.63, 3.8) is 0 Å². The van der Waals surface area contributed by atoms with Gasteiger partial charge in [-0.1, -0.05) is 0 Å². The van der Waals surface area contributed by atoms with Crippen LogP contribution >= 0.6 is 0 Å². The molecule has 1 saturated carbocycles. The van der Waals surface area contributed by atoms with Gasteiger partial charge in [-0.05, 0) is 32.2 Å². The normalized spacial score (nSPS) is 20.4. The van der Waals surface area contributed by atoms with Crippen LogP contribution in [0.25, 0.3) is 0 Å². The summed E-state index contributed by atoms with van der Waals surface area (Å²) in [5.41, 5.74) is 0.217. The molecule has 0 bridgehead atoms. The summed E-state index contributed by atoms with van der Waals surface area (Å²) in [7, 11) is 1.95. The molecular weight excluding hydrogens is 162 g/mol. The molecule has 0 aromatic rings. The van der Waals surface area contributed by atoms with E-state index in [0.717, 1.165) is 19.4 Å². The molecule has 1 rings (SSSR count). The average Bonchev–Trinajstić information content (AvgIpc) is 2.84. The van der Waals surface area contributed by atoms with Crippen molar-refractivity contribution < 1.29 is 0 Å². The fourth-order valence-corrected chi connectivity index (χ4v) is 1.50. The lowest BCUT2D eigenvalue weighted by molar-refractivity contribution is 0.241. The summed E-state index contributed by atoms with van der Waals surface area (Å²) in [5.74, 6) is 0. The van der Waals surface area contributed by atoms with Gasteiger partial charge in [-0.25, -0.2) is 0 Å². The Morgan fingerprint density at radius 1 is 1.46 bits per heavy atom. The molecule has 1 aliphatic rings. The maximum absolute atomic E-state index is 8.70. The van der Waals surface area contributed by atoms with Crippen LogP contribution in [0.2, 0.25) is 0 Å². The molecular formula is C10H15N3. The van der Waals surface area contributed by atoms with E-state index in [1.54, 1.807) is 0 Å². The van der Waals surface area contributed by atoms with Crippen LogP contribution in [-0.4, -0.2) is 24.5 Å². The first kappa shape index (κ1) is 10.0. The van der Waals surface area contributed by atoms with Crippen LogP contribution in [0.15, 0.2) is 0 Å². The third-order valence-electron chi connectivity index (χ3n) is 2.84. The Morgan fingerprint density at radius 3 is 2.46 bits per heavy atom. The summed E-state index contributed by atoms with van der Waals surface area (Å²) in [4.78, 5) is 2.03. The largest absolute Gasteiger partial charge is 0.291 e. The van der Waals surface area contributed by atoms with Gasteiger partial charge in [-0.3, -0.25) is 4.90 Å². The quantitative estimate of drug-likeness (QED) is 0.654. The minimum atomic E-state index is -0.0452. The van der Waals surface area contributed by atoms with E-state index in [2.05, 4.69) is 12.1 Å². The molecule has 1 atom stereocenters. The van der Waals surface area contributed by atoms with Crippen LogP contribution in [0.4, 0.5) is 0 Å². The molecule has 0 aromatic heterocycles. The minimum Gasteiger partial charge on any atom is -0.291 e. The first-order chi connectivity index (χ1) is 6.13. The summed E-state index contributed by atoms with van der Waals surface area (Å²) < 4.78 is 0. The van der Waals surface area contributed by atoms with Crippen LogP contribution < -0.4 is 0 Å². The number of nitriles is 2. The molecule has 1 unspecified atom stereocenters. The molecule has 0 spiro atoms. The number of hydrogen-bond donors (Lipinski definition) is 0. The van der Waals surface area contributed by atoms with Crippen molar-refractivity contribution in [1.82, 2.24) is 4.90 Å². The van der Waals surface area contributed by atoms with Crippen molar-refractivity contribution in [3.05, 3.63) is 0 Å². The highest BCUT2D eigenvalue weighted by Crippen LogP contribution is 2.49. The smallest absolute Gasteiger partial charge is 0.0947 e. The van der Waals surface area contributed by atoms with Crippen molar-refractivity contribution in [2.75, 3.05) is 13.6 Å². The second-order valence-corrected chi connectivity index (χ2v) is 4.06. The van der Waals surface area contributed by atoms with Gasteiger partial charge in [0.1, 0.15) is 0 Å². The summed E-state index contributed by atoms with van der Waals surface area (Å²) in [6.45, 7) is 2.78. The predicted molar refractivity (Wildman–Crippen MR) is 49.6 cm³/mol. The summed E-state index contributed by atoms with van der Waals surface area (Å²) in [5, 5.41) is 17.3. The second kappa shape index (κ2) is 3.77. The van der Waals surface area contributed by atoms with Gasteiger partial charge in [0.2, 0.25) is 0 Å². The van der Waals surface area contributed by atoms with E-state index >= 15 is 0 Å². The van der Waals surface area contributed by atoms with E-state index < -0.39 is 0 Å². The Hall–Kier alpha value is -1.06. The molecule has 0 saturated heterocycles. The van der Waals surface area contributed by atoms with E-state index in [1.165, 1.54) is 0 Å². The second-order valence-electron chi connectivity index (χ2n) is 4.06. The van der Waals surface area contributed by atoms with Gasteiger partial charge in [0.15, 0.2) is 0 Å². The van der Waals surface area contributed by atoms with E-state index in [4.69, 9.17) is 10.5 Å². The molecule has 0 amide bonds. The minimum absolute atomic E-state index is 0.0452. The molecule has 1 fully saturated rings. The summed E-state index contributed by atoms with van der Waals surface area (Å²) >= 11 is 0. The highest BCUT2D eigenvalue weighted by Gasteiger charge is 2.43. The van der Waals surface area contributed by atoms with Crippen LogP contribution in [0.5, 0.6) is 0 Å². The third kappa shape index (κ3) is 2.44. The maximum atomic E-state index is 8.70. The molecule has 3 heteroatoms. The molecule has 0 aliphatic heterocycles. The molecule has 70 valence electrons. The lowest BCUT2D eigenvalue weighted by Gasteiger charge is -2.23. The summed E-state index contributed by atoms with van der Waals surface area (Å²) in [6.07, 6.45) is 2.92. The summed E-state index contributed by atoms with van der Waals surface area (Å²) in [6, 6.07) is 4.38. The zero-order valence-corrected chi connectivity index (χ0v) is 8.25. The molecule has 13 heavy (non-hydrogen) atoms. The van der Waals surface area contributed by atoms with Crippen molar-refractivity contribution in [1.29, 1.82) is 10.5 Å². The number of rotatable bonds is 4. The van der Waals surface area contributed by atoms with Gasteiger partial charge >= 0.3 is 0 Å². The molecule has 0 radical (unpaired) electrons. The Balaban J connectivity index is 2.41. The van der Waals surface area contributed by atoms with Crippen molar-refractivity contribution >= 4 is 0 Å². The van der Waals surface area contributed by atoms with Gasteiger partial charge in [0, 0.05) is 13.0 Å². The van der Waals surface area contributed by atoms with Gasteiger partial charge in [-0.2, -0.15) is 10.5 Å². The van der Waals surface area contributed by atoms with Crippen LogP contribution in [-0.2, 0) is 0 Å². The Kier molecular flexibility index (Phi) is 2.90. The first-order valence-electron chi connectivity index (χ1n) is 4.60. The number of nitrogens with zero attached hydrogens (tertiary/aromatic N) is 3. The molecule has 0 heterocycles. The SMILES string of the molecule is CC(C#N)N(C)CC1(CC#N)CC1. The molecule has 0 N–H and O–H groups in total. The highest BCUT2D eigenvalue weighted by molar-refractivity contribution is 5.02. The number of hydrogen-bond acceptors (Lipinski definition) is 3. The van der Waals surface area contributed by atoms with Gasteiger partial charge in [0.05, 0.1) is 18.2 Å². The van der Waals surface area contributed by atoms with Crippen LogP contribution in [0.1, 0.15) is 26.2 Å². The molecule has 1 aliphatic carbocycles. The predicted octanol–water partition coefficient (Wildman–Crippen LogP) is 1.52. The van der Waals surface area contributed by atoms with E-state index in [0.29, 0.717) is 6.42 Å². The van der Waals surface area contributed by atoms with Crippen LogP contribution in [0.3, 0.4) is 0 Å². The fourth-order valence-electron chi connectivity index (χ4n) is 1.50. The van der Waals surface area contributed by atoms with Crippen molar-refractivity contribution in [2.45, 2.75) is 32.2 Å². The maximum Gasteiger partial charge on any atom is 0.0947 e. The Labute approximate surface area is 79.6 Å². The van der Waals surface area contributed by atoms with Gasteiger partial charge in [0.25, 0.3) is 0 Å². The zero-order chi connectivity index (χ0) is 9.90. The van der Waals surface area contributed by atoms with Crippen molar-refractivity contribution in [3.8, 4) is 12.1 Å². The van der Waals surface area contributed by atoms with E-state index in [9.17, 15) is 0 Å². The fraction of sp³-hybridized carbons (Fsp3) is 0.800. The molecule has 3 nitrogen and oxygen atoms in total. The third-order valence-corrected chi connectivity index (χ3v) is 2.84. The van der Waals surface area contributed by atoms with E-state index in [-0.39, 0.29) is 11.5 Å². The topological polar surface area (TPSA) is 50.8 Å². The van der Waals surface area contributed by atoms with Gasteiger partial charge < -0.3 is 0 Å². The standard InChI is InChI=1S/C10H15N3/c1-9(7-12)13(2)8-10(3-4-10)5-6-11/h9H,3-5,8H2,1-2H3. The highest BCUT2D eigenvalue weighted by atomic mass is 15.1. The molecule has 0 aromatic carbocycles. The Bertz CT molecular complexity index is 254. The monoisotopic (exact) mass is 177 g/mol. The Morgan fingerprint density at radius 2 is 2.08 bits per heavy atom. The zero-order valence-electron chi connectivity index (χ0n) is 8.25. The van der Waals surface area contributed by atoms with Crippen molar-refractivity contribution in [2.24, 2.45) is 5.41 Å². The lowest BCUT2D eigenvalue weighted by Crippen LogP contribution is -2.33.